The molecule has 14 heavy (non-hydrogen) atoms. The van der Waals surface area contributed by atoms with Crippen molar-refractivity contribution >= 4 is 29.1 Å². The predicted octanol–water partition coefficient (Wildman–Crippen LogP) is 2.42. The molecule has 1 aromatic rings. The molecule has 1 aromatic heterocycles. The van der Waals surface area contributed by atoms with Crippen LogP contribution in [0, 0.1) is 0 Å². The van der Waals surface area contributed by atoms with Crippen LogP contribution in [-0.2, 0) is 0 Å². The number of hydrogen-bond donors (Lipinski definition) is 1. The predicted molar refractivity (Wildman–Crippen MR) is 47.7 cm³/mol. The number of amides is 1. The van der Waals surface area contributed by atoms with Crippen LogP contribution < -0.4 is 5.73 Å². The smallest absolute Gasteiger partial charge is 0.266 e. The van der Waals surface area contributed by atoms with Gasteiger partial charge in [0.1, 0.15) is 5.15 Å². The fourth-order valence-corrected chi connectivity index (χ4v) is 1.27. The van der Waals surface area contributed by atoms with Crippen molar-refractivity contribution in [1.82, 2.24) is 4.98 Å². The molecular formula is C7H4Cl2F2N2O. The Morgan fingerprint density at radius 3 is 2.50 bits per heavy atom. The summed E-state index contributed by atoms with van der Waals surface area (Å²) in [5.41, 5.74) is 3.75. The maximum atomic E-state index is 12.5. The molecule has 0 atom stereocenters. The summed E-state index contributed by atoms with van der Waals surface area (Å²) in [6.07, 6.45) is -2.05. The second kappa shape index (κ2) is 4.06. The largest absolute Gasteiger partial charge is 0.366 e. The van der Waals surface area contributed by atoms with Crippen LogP contribution in [0.25, 0.3) is 0 Å². The Balaban J connectivity index is 3.45. The van der Waals surface area contributed by atoms with E-state index < -0.39 is 28.5 Å². The van der Waals surface area contributed by atoms with Gasteiger partial charge in [0.25, 0.3) is 12.3 Å². The second-order valence-corrected chi connectivity index (χ2v) is 3.09. The molecule has 2 N–H and O–H groups in total. The number of halogens is 4. The maximum Gasteiger partial charge on any atom is 0.266 e. The van der Waals surface area contributed by atoms with Crippen LogP contribution in [0.3, 0.4) is 0 Å². The summed E-state index contributed by atoms with van der Waals surface area (Å²) in [4.78, 5) is 14.2. The van der Waals surface area contributed by atoms with Gasteiger partial charge in [0.2, 0.25) is 0 Å². The fourth-order valence-electron chi connectivity index (χ4n) is 0.886. The van der Waals surface area contributed by atoms with Crippen LogP contribution in [0.5, 0.6) is 0 Å². The molecule has 0 fully saturated rings. The van der Waals surface area contributed by atoms with E-state index in [9.17, 15) is 13.6 Å². The second-order valence-electron chi connectivity index (χ2n) is 2.36. The van der Waals surface area contributed by atoms with Gasteiger partial charge in [-0.2, -0.15) is 0 Å². The minimum atomic E-state index is -2.93. The lowest BCUT2D eigenvalue weighted by atomic mass is 10.1. The zero-order valence-corrected chi connectivity index (χ0v) is 8.11. The number of hydrogen-bond acceptors (Lipinski definition) is 2. The number of nitrogens with zero attached hydrogens (tertiary/aromatic N) is 1. The summed E-state index contributed by atoms with van der Waals surface area (Å²) in [5.74, 6) is -1.02. The van der Waals surface area contributed by atoms with E-state index in [0.29, 0.717) is 0 Å². The Labute approximate surface area is 87.8 Å². The van der Waals surface area contributed by atoms with Gasteiger partial charge in [-0.25, -0.2) is 13.8 Å². The topological polar surface area (TPSA) is 56.0 Å². The van der Waals surface area contributed by atoms with Gasteiger partial charge in [-0.05, 0) is 0 Å². The summed E-state index contributed by atoms with van der Waals surface area (Å²) < 4.78 is 24.9. The zero-order chi connectivity index (χ0) is 10.9. The summed E-state index contributed by atoms with van der Waals surface area (Å²) in [6, 6.07) is 0. The molecule has 0 spiro atoms. The number of rotatable bonds is 2. The minimum absolute atomic E-state index is 0.285. The maximum absolute atomic E-state index is 12.5. The molecule has 0 aliphatic rings. The Hall–Kier alpha value is -0.940. The van der Waals surface area contributed by atoms with Gasteiger partial charge >= 0.3 is 0 Å². The van der Waals surface area contributed by atoms with E-state index in [1.54, 1.807) is 0 Å². The lowest BCUT2D eigenvalue weighted by Gasteiger charge is -2.07. The SMILES string of the molecule is NC(=O)c1cnc(Cl)c(Cl)c1C(F)F. The van der Waals surface area contributed by atoms with Crippen LogP contribution in [0.1, 0.15) is 22.3 Å². The Bertz CT molecular complexity index is 384. The van der Waals surface area contributed by atoms with Crippen LogP contribution in [0.2, 0.25) is 10.2 Å². The molecule has 1 rings (SSSR count). The van der Waals surface area contributed by atoms with Crippen molar-refractivity contribution in [2.24, 2.45) is 5.73 Å². The Morgan fingerprint density at radius 2 is 2.07 bits per heavy atom. The van der Waals surface area contributed by atoms with E-state index in [2.05, 4.69) is 4.98 Å². The Morgan fingerprint density at radius 1 is 1.50 bits per heavy atom. The molecule has 1 amide bonds. The van der Waals surface area contributed by atoms with Crippen molar-refractivity contribution in [2.45, 2.75) is 6.43 Å². The number of carbonyl (C=O) groups excluding carboxylic acids is 1. The molecule has 0 aliphatic carbocycles. The van der Waals surface area contributed by atoms with Crippen LogP contribution >= 0.6 is 23.2 Å². The number of nitrogens with two attached hydrogens (primary N) is 1. The van der Waals surface area contributed by atoms with Crippen LogP contribution in [0.15, 0.2) is 6.20 Å². The zero-order valence-electron chi connectivity index (χ0n) is 6.60. The quantitative estimate of drug-likeness (QED) is 0.808. The molecule has 0 unspecified atom stereocenters. The van der Waals surface area contributed by atoms with Gasteiger partial charge in [-0.1, -0.05) is 23.2 Å². The first-order valence-corrected chi connectivity index (χ1v) is 4.12. The normalized spacial score (nSPS) is 10.6. The molecule has 0 saturated heterocycles. The number of pyridine rings is 1. The molecule has 7 heteroatoms. The van der Waals surface area contributed by atoms with Crippen molar-refractivity contribution in [1.29, 1.82) is 0 Å². The van der Waals surface area contributed by atoms with Crippen molar-refractivity contribution in [3.63, 3.8) is 0 Å². The average Bonchev–Trinajstić information content (AvgIpc) is 2.08. The third kappa shape index (κ3) is 1.93. The number of aromatic nitrogens is 1. The average molecular weight is 241 g/mol. The third-order valence-electron chi connectivity index (χ3n) is 1.50. The monoisotopic (exact) mass is 240 g/mol. The van der Waals surface area contributed by atoms with Gasteiger partial charge in [-0.15, -0.1) is 0 Å². The summed E-state index contributed by atoms with van der Waals surface area (Å²) in [6.45, 7) is 0. The van der Waals surface area contributed by atoms with Gasteiger partial charge in [0.15, 0.2) is 0 Å². The van der Waals surface area contributed by atoms with Crippen molar-refractivity contribution in [3.8, 4) is 0 Å². The van der Waals surface area contributed by atoms with Gasteiger partial charge in [0.05, 0.1) is 16.1 Å². The Kier molecular flexibility index (Phi) is 3.23. The molecule has 0 radical (unpaired) electrons. The van der Waals surface area contributed by atoms with E-state index >= 15 is 0 Å². The van der Waals surface area contributed by atoms with Gasteiger partial charge in [-0.3, -0.25) is 4.79 Å². The molecule has 0 aromatic carbocycles. The minimum Gasteiger partial charge on any atom is -0.366 e. The summed E-state index contributed by atoms with van der Waals surface area (Å²) in [5, 5.41) is -0.732. The third-order valence-corrected chi connectivity index (χ3v) is 2.26. The number of carbonyl (C=O) groups is 1. The fraction of sp³-hybridized carbons (Fsp3) is 0.143. The highest BCUT2D eigenvalue weighted by molar-refractivity contribution is 6.42. The van der Waals surface area contributed by atoms with Gasteiger partial charge in [0, 0.05) is 6.20 Å². The molecule has 0 aliphatic heterocycles. The molecule has 76 valence electrons. The molecule has 1 heterocycles. The summed E-state index contributed by atoms with van der Waals surface area (Å²) >= 11 is 10.9. The standard InChI is InChI=1S/C7H4Cl2F2N2O/c8-4-3(6(10)11)2(7(12)14)1-13-5(4)9/h1,6H,(H2,12,14). The molecule has 3 nitrogen and oxygen atoms in total. The first-order valence-electron chi connectivity index (χ1n) is 3.37. The van der Waals surface area contributed by atoms with Crippen molar-refractivity contribution < 1.29 is 13.6 Å². The number of alkyl halides is 2. The number of primary amides is 1. The van der Waals surface area contributed by atoms with E-state index in [1.807, 2.05) is 0 Å². The first kappa shape index (κ1) is 11.1. The van der Waals surface area contributed by atoms with Crippen molar-refractivity contribution in [3.05, 3.63) is 27.5 Å². The highest BCUT2D eigenvalue weighted by Crippen LogP contribution is 2.33. The molecular weight excluding hydrogens is 237 g/mol. The van der Waals surface area contributed by atoms with Crippen LogP contribution in [-0.4, -0.2) is 10.9 Å². The van der Waals surface area contributed by atoms with Gasteiger partial charge < -0.3 is 5.73 Å². The summed E-state index contributed by atoms with van der Waals surface area (Å²) in [7, 11) is 0. The highest BCUT2D eigenvalue weighted by atomic mass is 35.5. The lowest BCUT2D eigenvalue weighted by molar-refractivity contribution is 0.0985. The van der Waals surface area contributed by atoms with E-state index in [1.165, 1.54) is 0 Å². The van der Waals surface area contributed by atoms with Crippen molar-refractivity contribution in [2.75, 3.05) is 0 Å². The van der Waals surface area contributed by atoms with E-state index in [0.717, 1.165) is 6.20 Å². The highest BCUT2D eigenvalue weighted by Gasteiger charge is 2.22. The molecule has 0 bridgehead atoms. The lowest BCUT2D eigenvalue weighted by Crippen LogP contribution is -2.15. The van der Waals surface area contributed by atoms with Crippen LogP contribution in [0.4, 0.5) is 8.78 Å². The van der Waals surface area contributed by atoms with E-state index in [-0.39, 0.29) is 5.15 Å². The molecule has 0 saturated carbocycles. The van der Waals surface area contributed by atoms with E-state index in [4.69, 9.17) is 28.9 Å². The first-order chi connectivity index (χ1) is 6.45.